The third-order valence-corrected chi connectivity index (χ3v) is 4.65. The maximum Gasteiger partial charge on any atom is 0.227 e. The van der Waals surface area contributed by atoms with Crippen LogP contribution in [0.1, 0.15) is 43.6 Å². The number of carbonyl (C=O) groups is 2. The Morgan fingerprint density at radius 1 is 1.31 bits per heavy atom. The lowest BCUT2D eigenvalue weighted by Gasteiger charge is -2.10. The third kappa shape index (κ3) is 4.50. The minimum atomic E-state index is -0.198. The Bertz CT molecular complexity index is 791. The summed E-state index contributed by atoms with van der Waals surface area (Å²) in [6.07, 6.45) is 4.28. The number of nitrogens with one attached hydrogen (secondary N) is 1. The molecule has 0 unspecified atom stereocenters. The highest BCUT2D eigenvalue weighted by Gasteiger charge is 2.20. The van der Waals surface area contributed by atoms with Crippen molar-refractivity contribution in [3.63, 3.8) is 0 Å². The molecule has 1 aliphatic rings. The monoisotopic (exact) mass is 356 g/mol. The van der Waals surface area contributed by atoms with Crippen LogP contribution in [0.15, 0.2) is 28.7 Å². The summed E-state index contributed by atoms with van der Waals surface area (Å²) in [4.78, 5) is 28.7. The van der Waals surface area contributed by atoms with Gasteiger partial charge in [0.2, 0.25) is 11.8 Å². The SMILES string of the molecule is COc1cccc(-c2nc(CC(=O)CC(=O)NC3CCCC3)c(C)o2)c1. The number of hydrogen-bond acceptors (Lipinski definition) is 5. The number of ether oxygens (including phenoxy) is 1. The summed E-state index contributed by atoms with van der Waals surface area (Å²) in [5, 5.41) is 2.94. The van der Waals surface area contributed by atoms with Crippen LogP contribution in [0.25, 0.3) is 11.5 Å². The zero-order valence-corrected chi connectivity index (χ0v) is 15.2. The molecule has 1 fully saturated rings. The number of amides is 1. The lowest BCUT2D eigenvalue weighted by molar-refractivity contribution is -0.128. The lowest BCUT2D eigenvalue weighted by Crippen LogP contribution is -2.34. The molecular weight excluding hydrogens is 332 g/mol. The molecule has 1 aromatic carbocycles. The number of benzene rings is 1. The molecule has 1 aromatic heterocycles. The van der Waals surface area contributed by atoms with Gasteiger partial charge >= 0.3 is 0 Å². The smallest absolute Gasteiger partial charge is 0.227 e. The second-order valence-corrected chi connectivity index (χ2v) is 6.69. The molecule has 0 saturated heterocycles. The van der Waals surface area contributed by atoms with E-state index in [1.54, 1.807) is 14.0 Å². The van der Waals surface area contributed by atoms with Crippen molar-refractivity contribution in [1.82, 2.24) is 10.3 Å². The van der Waals surface area contributed by atoms with Gasteiger partial charge in [0.05, 0.1) is 25.6 Å². The molecule has 0 radical (unpaired) electrons. The molecule has 3 rings (SSSR count). The van der Waals surface area contributed by atoms with E-state index in [9.17, 15) is 9.59 Å². The second kappa shape index (κ2) is 8.17. The maximum atomic E-state index is 12.2. The summed E-state index contributed by atoms with van der Waals surface area (Å²) in [5.41, 5.74) is 1.35. The van der Waals surface area contributed by atoms with Crippen LogP contribution in [0.3, 0.4) is 0 Å². The number of hydrogen-bond donors (Lipinski definition) is 1. The van der Waals surface area contributed by atoms with E-state index >= 15 is 0 Å². The van der Waals surface area contributed by atoms with Crippen LogP contribution in [0.4, 0.5) is 0 Å². The minimum absolute atomic E-state index is 0.0946. The normalized spacial score (nSPS) is 14.4. The maximum absolute atomic E-state index is 12.2. The van der Waals surface area contributed by atoms with Crippen LogP contribution < -0.4 is 10.1 Å². The molecule has 26 heavy (non-hydrogen) atoms. The lowest BCUT2D eigenvalue weighted by atomic mass is 10.1. The number of oxazole rings is 1. The predicted octanol–water partition coefficient (Wildman–Crippen LogP) is 3.22. The van der Waals surface area contributed by atoms with Crippen molar-refractivity contribution in [2.45, 2.75) is 51.5 Å². The van der Waals surface area contributed by atoms with Gasteiger partial charge in [0.25, 0.3) is 0 Å². The molecule has 1 aliphatic carbocycles. The highest BCUT2D eigenvalue weighted by Crippen LogP contribution is 2.25. The van der Waals surface area contributed by atoms with Crippen LogP contribution in [0, 0.1) is 6.92 Å². The van der Waals surface area contributed by atoms with Gasteiger partial charge in [-0.25, -0.2) is 4.98 Å². The Hall–Kier alpha value is -2.63. The fourth-order valence-electron chi connectivity index (χ4n) is 3.25. The van der Waals surface area contributed by atoms with Crippen LogP contribution >= 0.6 is 0 Å². The van der Waals surface area contributed by atoms with Crippen molar-refractivity contribution in [1.29, 1.82) is 0 Å². The standard InChI is InChI=1S/C20H24N2O4/c1-13-18(11-16(23)12-19(24)21-15-7-3-4-8-15)22-20(26-13)14-6-5-9-17(10-14)25-2/h5-6,9-10,15H,3-4,7-8,11-12H2,1-2H3,(H,21,24). The molecule has 0 aliphatic heterocycles. The molecule has 1 amide bonds. The van der Waals surface area contributed by atoms with Crippen LogP contribution in [-0.4, -0.2) is 29.8 Å². The Labute approximate surface area is 152 Å². The first-order valence-corrected chi connectivity index (χ1v) is 8.97. The molecule has 1 heterocycles. The quantitative estimate of drug-likeness (QED) is 0.770. The van der Waals surface area contributed by atoms with Crippen molar-refractivity contribution in [2.24, 2.45) is 0 Å². The molecule has 6 nitrogen and oxygen atoms in total. The fourth-order valence-corrected chi connectivity index (χ4v) is 3.25. The van der Waals surface area contributed by atoms with E-state index in [1.807, 2.05) is 24.3 Å². The summed E-state index contributed by atoms with van der Waals surface area (Å²) in [7, 11) is 1.60. The zero-order chi connectivity index (χ0) is 18.5. The van der Waals surface area contributed by atoms with Crippen LogP contribution in [0.2, 0.25) is 0 Å². The Balaban J connectivity index is 1.61. The van der Waals surface area contributed by atoms with E-state index in [4.69, 9.17) is 9.15 Å². The number of Topliss-reactive ketones (excluding diaryl/α,β-unsaturated/α-hetero) is 1. The van der Waals surface area contributed by atoms with E-state index in [2.05, 4.69) is 10.3 Å². The van der Waals surface area contributed by atoms with E-state index in [1.165, 1.54) is 0 Å². The van der Waals surface area contributed by atoms with Gasteiger partial charge in [0, 0.05) is 11.6 Å². The number of rotatable bonds is 7. The van der Waals surface area contributed by atoms with Crippen molar-refractivity contribution in [3.05, 3.63) is 35.7 Å². The molecule has 138 valence electrons. The summed E-state index contributed by atoms with van der Waals surface area (Å²) in [5.74, 6) is 1.39. The number of nitrogens with zero attached hydrogens (tertiary/aromatic N) is 1. The summed E-state index contributed by atoms with van der Waals surface area (Å²) in [6, 6.07) is 7.61. The number of aromatic nitrogens is 1. The predicted molar refractivity (Wildman–Crippen MR) is 97.0 cm³/mol. The Morgan fingerprint density at radius 3 is 2.81 bits per heavy atom. The Morgan fingerprint density at radius 2 is 2.08 bits per heavy atom. The van der Waals surface area contributed by atoms with Gasteiger partial charge in [-0.2, -0.15) is 0 Å². The fraction of sp³-hybridized carbons (Fsp3) is 0.450. The van der Waals surface area contributed by atoms with Gasteiger partial charge in [-0.05, 0) is 38.0 Å². The van der Waals surface area contributed by atoms with Gasteiger partial charge in [-0.15, -0.1) is 0 Å². The van der Waals surface area contributed by atoms with Gasteiger partial charge in [-0.1, -0.05) is 18.9 Å². The van der Waals surface area contributed by atoms with Gasteiger partial charge < -0.3 is 14.5 Å². The minimum Gasteiger partial charge on any atom is -0.497 e. The average Bonchev–Trinajstić information content (AvgIpc) is 3.25. The molecule has 6 heteroatoms. The highest BCUT2D eigenvalue weighted by molar-refractivity contribution is 5.98. The van der Waals surface area contributed by atoms with Crippen molar-refractivity contribution < 1.29 is 18.7 Å². The topological polar surface area (TPSA) is 81.4 Å². The van der Waals surface area contributed by atoms with Crippen LogP contribution in [-0.2, 0) is 16.0 Å². The molecular formula is C20H24N2O4. The van der Waals surface area contributed by atoms with E-state index < -0.39 is 0 Å². The van der Waals surface area contributed by atoms with E-state index in [0.717, 1.165) is 31.2 Å². The molecule has 0 atom stereocenters. The largest absolute Gasteiger partial charge is 0.497 e. The van der Waals surface area contributed by atoms with Crippen molar-refractivity contribution >= 4 is 11.7 Å². The van der Waals surface area contributed by atoms with Crippen molar-refractivity contribution in [2.75, 3.05) is 7.11 Å². The highest BCUT2D eigenvalue weighted by atomic mass is 16.5. The van der Waals surface area contributed by atoms with Gasteiger partial charge in [0.1, 0.15) is 17.3 Å². The zero-order valence-electron chi connectivity index (χ0n) is 15.2. The number of carbonyl (C=O) groups excluding carboxylic acids is 2. The van der Waals surface area contributed by atoms with E-state index in [0.29, 0.717) is 23.1 Å². The molecule has 0 spiro atoms. The average molecular weight is 356 g/mol. The first-order chi connectivity index (χ1) is 12.5. The number of aryl methyl sites for hydroxylation is 1. The summed E-state index contributed by atoms with van der Waals surface area (Å²) in [6.45, 7) is 1.78. The molecule has 2 aromatic rings. The summed E-state index contributed by atoms with van der Waals surface area (Å²) < 4.78 is 10.9. The number of ketones is 1. The molecule has 1 N–H and O–H groups in total. The van der Waals surface area contributed by atoms with Crippen molar-refractivity contribution in [3.8, 4) is 17.2 Å². The molecule has 0 bridgehead atoms. The second-order valence-electron chi connectivity index (χ2n) is 6.69. The Kier molecular flexibility index (Phi) is 5.71. The first kappa shape index (κ1) is 18.2. The summed E-state index contributed by atoms with van der Waals surface area (Å²) >= 11 is 0. The number of methoxy groups -OCH3 is 1. The van der Waals surface area contributed by atoms with Gasteiger partial charge in [-0.3, -0.25) is 9.59 Å². The first-order valence-electron chi connectivity index (χ1n) is 8.97. The third-order valence-electron chi connectivity index (χ3n) is 4.65. The van der Waals surface area contributed by atoms with E-state index in [-0.39, 0.29) is 30.6 Å². The van der Waals surface area contributed by atoms with Crippen LogP contribution in [0.5, 0.6) is 5.75 Å². The molecule has 1 saturated carbocycles. The van der Waals surface area contributed by atoms with Gasteiger partial charge in [0.15, 0.2) is 0 Å².